The zero-order chi connectivity index (χ0) is 9.90. The highest BCUT2D eigenvalue weighted by atomic mass is 16.2. The first-order chi connectivity index (χ1) is 6.05. The van der Waals surface area contributed by atoms with Crippen LogP contribution in [0.15, 0.2) is 6.20 Å². The topological polar surface area (TPSA) is 70.7 Å². The van der Waals surface area contributed by atoms with Gasteiger partial charge in [0, 0.05) is 5.54 Å². The highest BCUT2D eigenvalue weighted by molar-refractivity contribution is 5.92. The Balaban J connectivity index is 2.61. The molecule has 13 heavy (non-hydrogen) atoms. The lowest BCUT2D eigenvalue weighted by atomic mass is 10.0. The van der Waals surface area contributed by atoms with E-state index in [1.807, 2.05) is 20.8 Å². The third-order valence-electron chi connectivity index (χ3n) is 1.98. The van der Waals surface area contributed by atoms with Gasteiger partial charge < -0.3 is 5.32 Å². The average molecular weight is 182 g/mol. The van der Waals surface area contributed by atoms with E-state index in [0.717, 1.165) is 6.42 Å². The van der Waals surface area contributed by atoms with Gasteiger partial charge in [0.15, 0.2) is 5.69 Å². The van der Waals surface area contributed by atoms with Gasteiger partial charge in [0.2, 0.25) is 0 Å². The van der Waals surface area contributed by atoms with Gasteiger partial charge in [0.1, 0.15) is 0 Å². The lowest BCUT2D eigenvalue weighted by Gasteiger charge is -2.23. The first kappa shape index (κ1) is 9.70. The Hall–Kier alpha value is -1.39. The van der Waals surface area contributed by atoms with Crippen LogP contribution < -0.4 is 5.32 Å². The van der Waals surface area contributed by atoms with Crippen molar-refractivity contribution in [2.75, 3.05) is 0 Å². The summed E-state index contributed by atoms with van der Waals surface area (Å²) < 4.78 is 0. The van der Waals surface area contributed by atoms with Crippen LogP contribution in [0.2, 0.25) is 0 Å². The van der Waals surface area contributed by atoms with Crippen LogP contribution in [-0.4, -0.2) is 26.9 Å². The molecule has 0 aliphatic rings. The first-order valence-electron chi connectivity index (χ1n) is 4.23. The third-order valence-corrected chi connectivity index (χ3v) is 1.98. The van der Waals surface area contributed by atoms with Gasteiger partial charge in [-0.3, -0.25) is 4.79 Å². The standard InChI is InChI=1S/C8H14N4O/c1-4-8(2,3)10-7(13)6-5-9-12-11-6/h5H,4H2,1-3H3,(H,10,13)(H,9,11,12). The summed E-state index contributed by atoms with van der Waals surface area (Å²) in [6.07, 6.45) is 2.28. The van der Waals surface area contributed by atoms with Crippen molar-refractivity contribution >= 4 is 5.91 Å². The Kier molecular flexibility index (Phi) is 2.65. The van der Waals surface area contributed by atoms with E-state index in [2.05, 4.69) is 20.7 Å². The van der Waals surface area contributed by atoms with Crippen LogP contribution in [0.1, 0.15) is 37.7 Å². The van der Waals surface area contributed by atoms with Crippen LogP contribution in [0.4, 0.5) is 0 Å². The summed E-state index contributed by atoms with van der Waals surface area (Å²) in [5, 5.41) is 12.5. The van der Waals surface area contributed by atoms with Crippen LogP contribution in [0, 0.1) is 0 Å². The van der Waals surface area contributed by atoms with E-state index >= 15 is 0 Å². The predicted octanol–water partition coefficient (Wildman–Crippen LogP) is 0.723. The van der Waals surface area contributed by atoms with E-state index in [4.69, 9.17) is 0 Å². The summed E-state index contributed by atoms with van der Waals surface area (Å²) in [5.41, 5.74) is 0.122. The number of H-pyrrole nitrogens is 1. The maximum atomic E-state index is 11.4. The molecule has 1 amide bonds. The van der Waals surface area contributed by atoms with E-state index in [1.165, 1.54) is 6.20 Å². The summed E-state index contributed by atoms with van der Waals surface area (Å²) in [6.45, 7) is 5.94. The van der Waals surface area contributed by atoms with Gasteiger partial charge in [-0.1, -0.05) is 6.92 Å². The SMILES string of the molecule is CCC(C)(C)NC(=O)c1cn[nH]n1. The van der Waals surface area contributed by atoms with Gasteiger partial charge in [0.25, 0.3) is 5.91 Å². The van der Waals surface area contributed by atoms with Gasteiger partial charge in [-0.05, 0) is 20.3 Å². The molecule has 0 aliphatic carbocycles. The summed E-state index contributed by atoms with van der Waals surface area (Å²) >= 11 is 0. The molecular formula is C8H14N4O. The second-order valence-electron chi connectivity index (χ2n) is 3.55. The number of hydrogen-bond acceptors (Lipinski definition) is 3. The molecule has 1 aromatic rings. The molecule has 0 aromatic carbocycles. The number of carbonyl (C=O) groups is 1. The third kappa shape index (κ3) is 2.54. The number of hydrogen-bond donors (Lipinski definition) is 2. The molecule has 0 saturated carbocycles. The molecule has 1 aromatic heterocycles. The van der Waals surface area contributed by atoms with E-state index in [9.17, 15) is 4.79 Å². The molecule has 5 nitrogen and oxygen atoms in total. The second kappa shape index (κ2) is 3.55. The van der Waals surface area contributed by atoms with Gasteiger partial charge in [-0.2, -0.15) is 15.4 Å². The molecule has 5 heteroatoms. The molecule has 0 bridgehead atoms. The molecule has 0 radical (unpaired) electrons. The number of aromatic nitrogens is 3. The Morgan fingerprint density at radius 2 is 2.38 bits per heavy atom. The maximum absolute atomic E-state index is 11.4. The first-order valence-corrected chi connectivity index (χ1v) is 4.23. The molecule has 0 fully saturated rings. The van der Waals surface area contributed by atoms with Crippen LogP contribution in [-0.2, 0) is 0 Å². The fourth-order valence-electron chi connectivity index (χ4n) is 0.771. The summed E-state index contributed by atoms with van der Waals surface area (Å²) in [7, 11) is 0. The van der Waals surface area contributed by atoms with Gasteiger partial charge in [0.05, 0.1) is 6.20 Å². The number of rotatable bonds is 3. The summed E-state index contributed by atoms with van der Waals surface area (Å²) in [4.78, 5) is 11.4. The van der Waals surface area contributed by atoms with Crippen molar-refractivity contribution in [3.63, 3.8) is 0 Å². The Bertz CT molecular complexity index is 278. The molecule has 1 rings (SSSR count). The number of aromatic amines is 1. The quantitative estimate of drug-likeness (QED) is 0.723. The largest absolute Gasteiger partial charge is 0.346 e. The smallest absolute Gasteiger partial charge is 0.273 e. The van der Waals surface area contributed by atoms with Crippen LogP contribution in [0.3, 0.4) is 0 Å². The Labute approximate surface area is 76.9 Å². The van der Waals surface area contributed by atoms with E-state index in [-0.39, 0.29) is 11.4 Å². The minimum absolute atomic E-state index is 0.194. The van der Waals surface area contributed by atoms with Crippen LogP contribution in [0.5, 0.6) is 0 Å². The lowest BCUT2D eigenvalue weighted by molar-refractivity contribution is 0.0906. The van der Waals surface area contributed by atoms with Crippen LogP contribution in [0.25, 0.3) is 0 Å². The number of nitrogens with one attached hydrogen (secondary N) is 2. The van der Waals surface area contributed by atoms with Crippen molar-refractivity contribution < 1.29 is 4.79 Å². The predicted molar refractivity (Wildman–Crippen MR) is 48.2 cm³/mol. The highest BCUT2D eigenvalue weighted by Gasteiger charge is 2.19. The molecule has 0 spiro atoms. The monoisotopic (exact) mass is 182 g/mol. The fourth-order valence-corrected chi connectivity index (χ4v) is 0.771. The second-order valence-corrected chi connectivity index (χ2v) is 3.55. The van der Waals surface area contributed by atoms with Crippen molar-refractivity contribution in [3.8, 4) is 0 Å². The van der Waals surface area contributed by atoms with E-state index in [1.54, 1.807) is 0 Å². The molecule has 0 atom stereocenters. The molecule has 0 saturated heterocycles. The Morgan fingerprint density at radius 1 is 1.69 bits per heavy atom. The number of nitrogens with zero attached hydrogens (tertiary/aromatic N) is 2. The van der Waals surface area contributed by atoms with Crippen molar-refractivity contribution in [1.82, 2.24) is 20.7 Å². The van der Waals surface area contributed by atoms with E-state index in [0.29, 0.717) is 5.69 Å². The molecule has 2 N–H and O–H groups in total. The summed E-state index contributed by atoms with van der Waals surface area (Å²) in [6, 6.07) is 0. The van der Waals surface area contributed by atoms with Gasteiger partial charge >= 0.3 is 0 Å². The minimum atomic E-state index is -0.198. The summed E-state index contributed by atoms with van der Waals surface area (Å²) in [5.74, 6) is -0.194. The maximum Gasteiger partial charge on any atom is 0.273 e. The van der Waals surface area contributed by atoms with Gasteiger partial charge in [-0.25, -0.2) is 0 Å². The zero-order valence-corrected chi connectivity index (χ0v) is 8.09. The van der Waals surface area contributed by atoms with Crippen molar-refractivity contribution in [3.05, 3.63) is 11.9 Å². The average Bonchev–Trinajstić information content (AvgIpc) is 2.55. The fraction of sp³-hybridized carbons (Fsp3) is 0.625. The number of carbonyl (C=O) groups excluding carboxylic acids is 1. The normalized spacial score (nSPS) is 11.3. The highest BCUT2D eigenvalue weighted by Crippen LogP contribution is 2.07. The van der Waals surface area contributed by atoms with Crippen LogP contribution >= 0.6 is 0 Å². The van der Waals surface area contributed by atoms with Crippen molar-refractivity contribution in [2.45, 2.75) is 32.7 Å². The lowest BCUT2D eigenvalue weighted by Crippen LogP contribution is -2.42. The molecule has 0 aliphatic heterocycles. The Morgan fingerprint density at radius 3 is 2.85 bits per heavy atom. The number of amides is 1. The zero-order valence-electron chi connectivity index (χ0n) is 8.09. The molecule has 72 valence electrons. The van der Waals surface area contributed by atoms with E-state index < -0.39 is 0 Å². The van der Waals surface area contributed by atoms with Crippen molar-refractivity contribution in [1.29, 1.82) is 0 Å². The molecular weight excluding hydrogens is 168 g/mol. The molecule has 1 heterocycles. The van der Waals surface area contributed by atoms with Gasteiger partial charge in [-0.15, -0.1) is 0 Å². The van der Waals surface area contributed by atoms with Crippen molar-refractivity contribution in [2.24, 2.45) is 0 Å². The minimum Gasteiger partial charge on any atom is -0.346 e. The molecule has 0 unspecified atom stereocenters.